The monoisotopic (exact) mass is 296 g/mol. The molecule has 2 rings (SSSR count). The van der Waals surface area contributed by atoms with Gasteiger partial charge in [0, 0.05) is 30.9 Å². The topological polar surface area (TPSA) is 41.1 Å². The zero-order chi connectivity index (χ0) is 15.9. The van der Waals surface area contributed by atoms with Gasteiger partial charge in [0.05, 0.1) is 0 Å². The molecular weight excluding hydrogens is 272 g/mol. The fourth-order valence-electron chi connectivity index (χ4n) is 2.21. The van der Waals surface area contributed by atoms with E-state index in [-0.39, 0.29) is 0 Å². The molecule has 0 radical (unpaired) electrons. The average molecular weight is 296 g/mol. The van der Waals surface area contributed by atoms with E-state index in [1.165, 1.54) is 5.56 Å². The van der Waals surface area contributed by atoms with Crippen molar-refractivity contribution in [3.8, 4) is 0 Å². The number of anilines is 2. The lowest BCUT2D eigenvalue weighted by atomic mass is 10.2. The minimum absolute atomic E-state index is 0.314. The van der Waals surface area contributed by atoms with Gasteiger partial charge in [-0.3, -0.25) is 0 Å². The molecule has 0 aliphatic carbocycles. The van der Waals surface area contributed by atoms with Gasteiger partial charge in [0.15, 0.2) is 0 Å². The van der Waals surface area contributed by atoms with E-state index in [1.807, 2.05) is 25.1 Å². The summed E-state index contributed by atoms with van der Waals surface area (Å²) in [5.74, 6) is 1.59. The van der Waals surface area contributed by atoms with Crippen molar-refractivity contribution in [2.75, 3.05) is 16.8 Å². The molecule has 0 saturated carbocycles. The Morgan fingerprint density at radius 3 is 2.59 bits per heavy atom. The number of aryl methyl sites for hydroxylation is 1. The molecule has 0 spiro atoms. The summed E-state index contributed by atoms with van der Waals surface area (Å²) in [7, 11) is 0. The van der Waals surface area contributed by atoms with Gasteiger partial charge in [-0.1, -0.05) is 36.4 Å². The van der Waals surface area contributed by atoms with Crippen LogP contribution in [0.5, 0.6) is 0 Å². The summed E-state index contributed by atoms with van der Waals surface area (Å²) in [4.78, 5) is 11.5. The summed E-state index contributed by atoms with van der Waals surface area (Å²) in [6, 6.07) is 12.7. The highest BCUT2D eigenvalue weighted by Crippen LogP contribution is 2.19. The van der Waals surface area contributed by atoms with Crippen molar-refractivity contribution in [3.05, 3.63) is 60.3 Å². The van der Waals surface area contributed by atoms with Crippen molar-refractivity contribution in [1.82, 2.24) is 9.97 Å². The maximum atomic E-state index is 4.64. The second kappa shape index (κ2) is 7.59. The summed E-state index contributed by atoms with van der Waals surface area (Å²) in [5, 5.41) is 3.24. The molecule has 1 aromatic carbocycles. The molecule has 1 heterocycles. The molecule has 0 aliphatic heterocycles. The maximum absolute atomic E-state index is 4.64. The predicted molar refractivity (Wildman–Crippen MR) is 93.2 cm³/mol. The maximum Gasteiger partial charge on any atom is 0.228 e. The van der Waals surface area contributed by atoms with E-state index in [2.05, 4.69) is 64.9 Å². The fourth-order valence-corrected chi connectivity index (χ4v) is 2.21. The lowest BCUT2D eigenvalue weighted by molar-refractivity contribution is 0.659. The van der Waals surface area contributed by atoms with Crippen LogP contribution in [0.15, 0.2) is 49.1 Å². The number of aromatic nitrogens is 2. The van der Waals surface area contributed by atoms with E-state index in [9.17, 15) is 0 Å². The molecule has 0 aliphatic rings. The summed E-state index contributed by atoms with van der Waals surface area (Å²) < 4.78 is 0. The van der Waals surface area contributed by atoms with E-state index in [4.69, 9.17) is 0 Å². The van der Waals surface area contributed by atoms with Crippen LogP contribution in [0, 0.1) is 6.92 Å². The van der Waals surface area contributed by atoms with E-state index in [0.29, 0.717) is 12.6 Å². The van der Waals surface area contributed by atoms with Crippen molar-refractivity contribution in [2.24, 2.45) is 0 Å². The molecule has 0 unspecified atom stereocenters. The third-order valence-corrected chi connectivity index (χ3v) is 3.35. The van der Waals surface area contributed by atoms with Crippen LogP contribution in [0.25, 0.3) is 0 Å². The Morgan fingerprint density at radius 1 is 1.23 bits per heavy atom. The molecule has 0 fully saturated rings. The Bertz CT molecular complexity index is 608. The van der Waals surface area contributed by atoms with Gasteiger partial charge in [-0.15, -0.1) is 6.58 Å². The fraction of sp³-hybridized carbons (Fsp3) is 0.333. The molecule has 1 N–H and O–H groups in total. The van der Waals surface area contributed by atoms with Crippen molar-refractivity contribution < 1.29 is 0 Å². The number of benzene rings is 1. The first kappa shape index (κ1) is 16.0. The van der Waals surface area contributed by atoms with Gasteiger partial charge in [0.25, 0.3) is 0 Å². The summed E-state index contributed by atoms with van der Waals surface area (Å²) in [6.07, 6.45) is 1.82. The van der Waals surface area contributed by atoms with E-state index in [1.54, 1.807) is 0 Å². The van der Waals surface area contributed by atoms with Crippen LogP contribution in [0.1, 0.15) is 25.1 Å². The molecule has 116 valence electrons. The Hall–Kier alpha value is -2.36. The Kier molecular flexibility index (Phi) is 5.53. The van der Waals surface area contributed by atoms with E-state index in [0.717, 1.165) is 24.0 Å². The smallest absolute Gasteiger partial charge is 0.228 e. The van der Waals surface area contributed by atoms with Crippen LogP contribution >= 0.6 is 0 Å². The van der Waals surface area contributed by atoms with Crippen LogP contribution in [0.2, 0.25) is 0 Å². The van der Waals surface area contributed by atoms with Gasteiger partial charge in [-0.05, 0) is 26.3 Å². The minimum Gasteiger partial charge on any atom is -0.366 e. The highest BCUT2D eigenvalue weighted by Gasteiger charge is 2.15. The quantitative estimate of drug-likeness (QED) is 0.789. The van der Waals surface area contributed by atoms with Gasteiger partial charge in [0.2, 0.25) is 5.95 Å². The highest BCUT2D eigenvalue weighted by atomic mass is 15.3. The number of hydrogen-bond donors (Lipinski definition) is 1. The van der Waals surface area contributed by atoms with Gasteiger partial charge in [-0.2, -0.15) is 4.98 Å². The lowest BCUT2D eigenvalue weighted by Gasteiger charge is -2.27. The molecule has 4 heteroatoms. The first-order chi connectivity index (χ1) is 10.6. The minimum atomic E-state index is 0.314. The first-order valence-corrected chi connectivity index (χ1v) is 7.61. The molecule has 0 amide bonds. The van der Waals surface area contributed by atoms with Crippen molar-refractivity contribution >= 4 is 11.8 Å². The molecule has 4 nitrogen and oxygen atoms in total. The largest absolute Gasteiger partial charge is 0.366 e. The summed E-state index contributed by atoms with van der Waals surface area (Å²) in [5.41, 5.74) is 2.21. The van der Waals surface area contributed by atoms with Crippen LogP contribution in [0.3, 0.4) is 0 Å². The molecule has 1 aromatic heterocycles. The second-order valence-electron chi connectivity index (χ2n) is 5.57. The van der Waals surface area contributed by atoms with Crippen molar-refractivity contribution in [3.63, 3.8) is 0 Å². The Morgan fingerprint density at radius 2 is 1.95 bits per heavy atom. The zero-order valence-corrected chi connectivity index (χ0v) is 13.6. The zero-order valence-electron chi connectivity index (χ0n) is 13.6. The van der Waals surface area contributed by atoms with Crippen molar-refractivity contribution in [2.45, 2.75) is 33.4 Å². The molecule has 22 heavy (non-hydrogen) atoms. The predicted octanol–water partition coefficient (Wildman–Crippen LogP) is 3.80. The van der Waals surface area contributed by atoms with E-state index < -0.39 is 0 Å². The third-order valence-electron chi connectivity index (χ3n) is 3.35. The normalized spacial score (nSPS) is 10.5. The molecule has 0 saturated heterocycles. The number of hydrogen-bond acceptors (Lipinski definition) is 4. The van der Waals surface area contributed by atoms with Crippen molar-refractivity contribution in [1.29, 1.82) is 0 Å². The molecule has 0 bridgehead atoms. The Balaban J connectivity index is 2.27. The van der Waals surface area contributed by atoms with Crippen LogP contribution in [0.4, 0.5) is 11.8 Å². The summed E-state index contributed by atoms with van der Waals surface area (Å²) in [6.45, 7) is 11.5. The van der Waals surface area contributed by atoms with Crippen LogP contribution in [-0.4, -0.2) is 22.6 Å². The lowest BCUT2D eigenvalue weighted by Crippen LogP contribution is -2.32. The third kappa shape index (κ3) is 4.32. The molecular formula is C18H24N4. The standard InChI is InChI=1S/C18H24N4/c1-5-11-19-17-12-15(4)20-18(21-17)22(14(2)3)13-16-9-7-6-8-10-16/h5-10,12,14H,1,11,13H2,2-4H3,(H,19,20,21). The second-order valence-corrected chi connectivity index (χ2v) is 5.57. The van der Waals surface area contributed by atoms with Crippen LogP contribution in [-0.2, 0) is 6.54 Å². The van der Waals surface area contributed by atoms with Gasteiger partial charge < -0.3 is 10.2 Å². The number of nitrogens with one attached hydrogen (secondary N) is 1. The number of nitrogens with zero attached hydrogens (tertiary/aromatic N) is 3. The highest BCUT2D eigenvalue weighted by molar-refractivity contribution is 5.45. The van der Waals surface area contributed by atoms with Gasteiger partial charge in [0.1, 0.15) is 5.82 Å². The van der Waals surface area contributed by atoms with E-state index >= 15 is 0 Å². The number of rotatable bonds is 7. The first-order valence-electron chi connectivity index (χ1n) is 7.61. The summed E-state index contributed by atoms with van der Waals surface area (Å²) >= 11 is 0. The van der Waals surface area contributed by atoms with Crippen LogP contribution < -0.4 is 10.2 Å². The van der Waals surface area contributed by atoms with Gasteiger partial charge >= 0.3 is 0 Å². The Labute approximate surface area is 132 Å². The molecule has 0 atom stereocenters. The van der Waals surface area contributed by atoms with Gasteiger partial charge in [-0.25, -0.2) is 4.98 Å². The SMILES string of the molecule is C=CCNc1cc(C)nc(N(Cc2ccccc2)C(C)C)n1. The molecule has 2 aromatic rings. The average Bonchev–Trinajstić information content (AvgIpc) is 2.50.